The van der Waals surface area contributed by atoms with Gasteiger partial charge in [0.25, 0.3) is 0 Å². The molecule has 0 aliphatic carbocycles. The molecular formula is C30H28Cl2N6O5S. The minimum absolute atomic E-state index is 0.0740. The number of nitrogens with zero attached hydrogens (tertiary/aromatic N) is 5. The predicted octanol–water partition coefficient (Wildman–Crippen LogP) is 4.22. The van der Waals surface area contributed by atoms with E-state index in [2.05, 4.69) is 15.2 Å². The molecule has 228 valence electrons. The van der Waals surface area contributed by atoms with Gasteiger partial charge in [0.2, 0.25) is 0 Å². The van der Waals surface area contributed by atoms with Gasteiger partial charge in [-0.3, -0.25) is 19.6 Å². The average molecular weight is 656 g/mol. The summed E-state index contributed by atoms with van der Waals surface area (Å²) < 4.78 is 5.23. The van der Waals surface area contributed by atoms with Crippen LogP contribution < -0.4 is 10.2 Å². The number of hydrogen-bond acceptors (Lipinski definition) is 9. The van der Waals surface area contributed by atoms with Gasteiger partial charge in [-0.15, -0.1) is 11.3 Å². The van der Waals surface area contributed by atoms with Gasteiger partial charge in [0.15, 0.2) is 10.8 Å². The van der Waals surface area contributed by atoms with Gasteiger partial charge >= 0.3 is 18.0 Å². The van der Waals surface area contributed by atoms with Crippen LogP contribution in [0.5, 0.6) is 0 Å². The first-order chi connectivity index (χ1) is 21.2. The van der Waals surface area contributed by atoms with E-state index in [9.17, 15) is 14.4 Å². The van der Waals surface area contributed by atoms with Crippen molar-refractivity contribution in [1.29, 1.82) is 0 Å². The van der Waals surface area contributed by atoms with Gasteiger partial charge in [0, 0.05) is 71.3 Å². The number of fused-ring (bicyclic) bond motifs is 1. The molecule has 0 unspecified atom stereocenters. The molecule has 6 rings (SSSR count). The molecule has 3 aliphatic rings. The molecule has 44 heavy (non-hydrogen) atoms. The Labute approximate surface area is 267 Å². The van der Waals surface area contributed by atoms with Crippen LogP contribution in [0.2, 0.25) is 10.0 Å². The van der Waals surface area contributed by atoms with E-state index in [0.29, 0.717) is 76.0 Å². The molecule has 2 aromatic carbocycles. The number of hydrogen-bond donors (Lipinski definition) is 2. The Hall–Kier alpha value is -3.97. The minimum Gasteiger partial charge on any atom is -0.481 e. The Kier molecular flexibility index (Phi) is 8.59. The van der Waals surface area contributed by atoms with E-state index in [1.54, 1.807) is 53.6 Å². The lowest BCUT2D eigenvalue weighted by Crippen LogP contribution is -2.53. The largest absolute Gasteiger partial charge is 0.481 e. The summed E-state index contributed by atoms with van der Waals surface area (Å²) in [6.07, 6.45) is 1.62. The highest BCUT2D eigenvalue weighted by Gasteiger charge is 2.42. The van der Waals surface area contributed by atoms with Crippen molar-refractivity contribution in [3.05, 3.63) is 91.5 Å². The van der Waals surface area contributed by atoms with E-state index in [1.165, 1.54) is 18.4 Å². The fourth-order valence-electron chi connectivity index (χ4n) is 5.79. The monoisotopic (exact) mass is 654 g/mol. The Balaban J connectivity index is 1.26. The van der Waals surface area contributed by atoms with Crippen molar-refractivity contribution in [3.8, 4) is 0 Å². The summed E-state index contributed by atoms with van der Waals surface area (Å²) in [7, 11) is 1.33. The Morgan fingerprint density at radius 3 is 2.61 bits per heavy atom. The van der Waals surface area contributed by atoms with Crippen LogP contribution >= 0.6 is 34.5 Å². The zero-order chi connectivity index (χ0) is 31.0. The molecule has 3 aliphatic heterocycles. The third-order valence-corrected chi connectivity index (χ3v) is 9.19. The lowest BCUT2D eigenvalue weighted by atomic mass is 9.95. The number of rotatable bonds is 8. The van der Waals surface area contributed by atoms with Crippen molar-refractivity contribution >= 4 is 64.0 Å². The zero-order valence-corrected chi connectivity index (χ0v) is 25.9. The second-order valence-corrected chi connectivity index (χ2v) is 12.3. The summed E-state index contributed by atoms with van der Waals surface area (Å²) in [5.74, 6) is -0.915. The molecule has 11 nitrogen and oxygen atoms in total. The third-order valence-electron chi connectivity index (χ3n) is 7.85. The number of thiazole rings is 1. The standard InChI is InChI=1S/C30H28Cl2N6O5S/c1-43-29(41)25-23(34-27(28-33-8-11-44-28)35-26(25)21-7-4-18(31)13-22(21)32)16-36-9-10-37-20(14-36)15-38(30(37)42)19-5-2-17(3-6-19)12-24(39)40/h2-8,11,13,20,26H,9-10,12,14-16H2,1H3,(H,34,35)(H,39,40)/t20-,26-/m0/s1. The molecule has 2 fully saturated rings. The number of benzene rings is 2. The van der Waals surface area contributed by atoms with E-state index in [1.807, 2.05) is 10.3 Å². The molecule has 2 atom stereocenters. The predicted molar refractivity (Wildman–Crippen MR) is 167 cm³/mol. The number of esters is 1. The number of carbonyl (C=O) groups excluding carboxylic acids is 2. The summed E-state index contributed by atoms with van der Waals surface area (Å²) in [6.45, 7) is 2.54. The highest BCUT2D eigenvalue weighted by molar-refractivity contribution is 7.11. The van der Waals surface area contributed by atoms with Gasteiger partial charge in [0.05, 0.1) is 25.1 Å². The Morgan fingerprint density at radius 1 is 1.14 bits per heavy atom. The van der Waals surface area contributed by atoms with Crippen molar-refractivity contribution in [1.82, 2.24) is 20.1 Å². The van der Waals surface area contributed by atoms with Gasteiger partial charge in [-0.25, -0.2) is 14.6 Å². The molecule has 14 heteroatoms. The van der Waals surface area contributed by atoms with E-state index >= 15 is 0 Å². The summed E-state index contributed by atoms with van der Waals surface area (Å²) in [5.41, 5.74) is 2.97. The van der Waals surface area contributed by atoms with Gasteiger partial charge in [-0.05, 0) is 29.8 Å². The molecule has 3 aromatic rings. The maximum absolute atomic E-state index is 13.3. The summed E-state index contributed by atoms with van der Waals surface area (Å²) in [5, 5.41) is 15.8. The number of piperazine rings is 1. The number of urea groups is 1. The van der Waals surface area contributed by atoms with Gasteiger partial charge in [0.1, 0.15) is 6.04 Å². The molecule has 0 spiro atoms. The molecule has 2 saturated heterocycles. The number of carboxylic acid groups (broad SMARTS) is 1. The maximum atomic E-state index is 13.3. The van der Waals surface area contributed by atoms with Crippen LogP contribution in [0.3, 0.4) is 0 Å². The van der Waals surface area contributed by atoms with E-state index in [-0.39, 0.29) is 18.5 Å². The molecule has 0 radical (unpaired) electrons. The number of ether oxygens (including phenoxy) is 1. The second kappa shape index (κ2) is 12.6. The number of halogens is 2. The first-order valence-corrected chi connectivity index (χ1v) is 15.5. The van der Waals surface area contributed by atoms with Gasteiger partial charge in [-0.1, -0.05) is 41.4 Å². The minimum atomic E-state index is -0.905. The zero-order valence-electron chi connectivity index (χ0n) is 23.6. The number of aromatic nitrogens is 1. The van der Waals surface area contributed by atoms with E-state index < -0.39 is 18.0 Å². The van der Waals surface area contributed by atoms with E-state index in [4.69, 9.17) is 38.0 Å². The van der Waals surface area contributed by atoms with Crippen LogP contribution in [0.4, 0.5) is 10.5 Å². The molecule has 2 N–H and O–H groups in total. The number of carbonyl (C=O) groups is 3. The molecule has 0 bridgehead atoms. The number of anilines is 1. The summed E-state index contributed by atoms with van der Waals surface area (Å²) >= 11 is 14.2. The average Bonchev–Trinajstić information content (AvgIpc) is 3.65. The first kappa shape index (κ1) is 30.1. The van der Waals surface area contributed by atoms with Crippen LogP contribution in [0, 0.1) is 0 Å². The number of nitrogens with one attached hydrogen (secondary N) is 1. The van der Waals surface area contributed by atoms with Crippen LogP contribution in [0.1, 0.15) is 22.2 Å². The normalized spacial score (nSPS) is 20.3. The first-order valence-electron chi connectivity index (χ1n) is 13.8. The fourth-order valence-corrected chi connectivity index (χ4v) is 6.89. The number of amides is 2. The van der Waals surface area contributed by atoms with Crippen molar-refractivity contribution in [3.63, 3.8) is 0 Å². The highest BCUT2D eigenvalue weighted by atomic mass is 35.5. The molecule has 4 heterocycles. The third kappa shape index (κ3) is 6.03. The number of amidine groups is 1. The Bertz CT molecular complexity index is 1660. The lowest BCUT2D eigenvalue weighted by molar-refractivity contribution is -0.137. The van der Waals surface area contributed by atoms with Crippen molar-refractivity contribution in [2.24, 2.45) is 4.99 Å². The topological polar surface area (TPSA) is 128 Å². The molecular weight excluding hydrogens is 627 g/mol. The smallest absolute Gasteiger partial charge is 0.338 e. The van der Waals surface area contributed by atoms with Crippen LogP contribution in [0.25, 0.3) is 0 Å². The number of carboxylic acids is 1. The molecule has 2 amide bonds. The van der Waals surface area contributed by atoms with Crippen LogP contribution in [-0.4, -0.2) is 89.6 Å². The summed E-state index contributed by atoms with van der Waals surface area (Å²) in [4.78, 5) is 52.7. The number of aliphatic carboxylic acids is 1. The number of methoxy groups -OCH3 is 1. The SMILES string of the molecule is COC(=O)C1=C(CN2CCN3C(=O)N(c4ccc(CC(=O)O)cc4)C[C@@H]3C2)NC(c2nccs2)=N[C@H]1c1ccc(Cl)cc1Cl. The van der Waals surface area contributed by atoms with Crippen molar-refractivity contribution in [2.75, 3.05) is 44.7 Å². The quantitative estimate of drug-likeness (QED) is 0.346. The van der Waals surface area contributed by atoms with Gasteiger partial charge in [-0.2, -0.15) is 0 Å². The van der Waals surface area contributed by atoms with Crippen molar-refractivity contribution in [2.45, 2.75) is 18.5 Å². The summed E-state index contributed by atoms with van der Waals surface area (Å²) in [6, 6.07) is 11.2. The number of aliphatic imine (C=N–C) groups is 1. The Morgan fingerprint density at radius 2 is 1.93 bits per heavy atom. The highest BCUT2D eigenvalue weighted by Crippen LogP contribution is 2.38. The lowest BCUT2D eigenvalue weighted by Gasteiger charge is -2.38. The van der Waals surface area contributed by atoms with Gasteiger partial charge < -0.3 is 20.1 Å². The second-order valence-electron chi connectivity index (χ2n) is 10.6. The van der Waals surface area contributed by atoms with Crippen LogP contribution in [-0.2, 0) is 20.7 Å². The van der Waals surface area contributed by atoms with Crippen LogP contribution in [0.15, 0.2) is 70.3 Å². The molecule has 0 saturated carbocycles. The van der Waals surface area contributed by atoms with E-state index in [0.717, 1.165) is 5.69 Å². The van der Waals surface area contributed by atoms with Crippen molar-refractivity contribution < 1.29 is 24.2 Å². The maximum Gasteiger partial charge on any atom is 0.338 e. The molecule has 1 aromatic heterocycles. The fraction of sp³-hybridized carbons (Fsp3) is 0.300.